The quantitative estimate of drug-likeness (QED) is 0.649. The first-order valence-electron chi connectivity index (χ1n) is 6.71. The standard InChI is InChI=1S/C15H11N3O4S2/c16-24(21,22)12-8-6-11(7-9-12)18-14(20)13(19)17(15(18)23)10-4-2-1-3-5-10/h1-9H,(H2,16,21,22). The van der Waals surface area contributed by atoms with E-state index in [2.05, 4.69) is 0 Å². The third-order valence-corrected chi connectivity index (χ3v) is 4.70. The normalized spacial score (nSPS) is 15.3. The van der Waals surface area contributed by atoms with Crippen LogP contribution in [0.3, 0.4) is 0 Å². The second kappa shape index (κ2) is 5.78. The van der Waals surface area contributed by atoms with E-state index in [9.17, 15) is 18.0 Å². The van der Waals surface area contributed by atoms with Gasteiger partial charge in [-0.15, -0.1) is 0 Å². The van der Waals surface area contributed by atoms with Crippen LogP contribution in [0.5, 0.6) is 0 Å². The lowest BCUT2D eigenvalue weighted by atomic mass is 10.3. The predicted molar refractivity (Wildman–Crippen MR) is 91.8 cm³/mol. The van der Waals surface area contributed by atoms with Crippen molar-refractivity contribution in [3.63, 3.8) is 0 Å². The molecule has 0 saturated carbocycles. The van der Waals surface area contributed by atoms with Gasteiger partial charge in [-0.05, 0) is 48.6 Å². The maximum Gasteiger partial charge on any atom is 0.323 e. The smallest absolute Gasteiger partial charge is 0.263 e. The molecule has 1 aliphatic rings. The molecule has 0 bridgehead atoms. The van der Waals surface area contributed by atoms with Crippen molar-refractivity contribution in [1.29, 1.82) is 0 Å². The molecular weight excluding hydrogens is 350 g/mol. The predicted octanol–water partition coefficient (Wildman–Crippen LogP) is 0.999. The SMILES string of the molecule is NS(=O)(=O)c1ccc(N2C(=O)C(=O)N(c3ccccc3)C2=S)cc1. The molecule has 122 valence electrons. The molecule has 0 radical (unpaired) electrons. The van der Waals surface area contributed by atoms with E-state index in [-0.39, 0.29) is 15.7 Å². The van der Waals surface area contributed by atoms with Crippen LogP contribution in [0.2, 0.25) is 0 Å². The van der Waals surface area contributed by atoms with Gasteiger partial charge in [0.1, 0.15) is 0 Å². The van der Waals surface area contributed by atoms with Crippen LogP contribution in [-0.4, -0.2) is 25.3 Å². The summed E-state index contributed by atoms with van der Waals surface area (Å²) in [6.45, 7) is 0. The highest BCUT2D eigenvalue weighted by Crippen LogP contribution is 2.27. The number of amides is 2. The van der Waals surface area contributed by atoms with Gasteiger partial charge in [-0.25, -0.2) is 23.4 Å². The maximum absolute atomic E-state index is 12.3. The van der Waals surface area contributed by atoms with Gasteiger partial charge in [-0.1, -0.05) is 18.2 Å². The zero-order chi connectivity index (χ0) is 17.5. The van der Waals surface area contributed by atoms with Gasteiger partial charge in [-0.2, -0.15) is 0 Å². The fourth-order valence-corrected chi connectivity index (χ4v) is 3.17. The Morgan fingerprint density at radius 3 is 1.71 bits per heavy atom. The molecule has 1 aliphatic heterocycles. The van der Waals surface area contributed by atoms with E-state index in [1.165, 1.54) is 24.3 Å². The number of benzene rings is 2. The fourth-order valence-electron chi connectivity index (χ4n) is 2.28. The van der Waals surface area contributed by atoms with Crippen LogP contribution in [0.1, 0.15) is 0 Å². The summed E-state index contributed by atoms with van der Waals surface area (Å²) in [6.07, 6.45) is 0. The Labute approximate surface area is 143 Å². The largest absolute Gasteiger partial charge is 0.323 e. The summed E-state index contributed by atoms with van der Waals surface area (Å²) in [5.41, 5.74) is 0.758. The summed E-state index contributed by atoms with van der Waals surface area (Å²) in [7, 11) is -3.85. The number of carbonyl (C=O) groups is 2. The third-order valence-electron chi connectivity index (χ3n) is 3.41. The number of sulfonamides is 1. The molecule has 2 amide bonds. The molecule has 0 atom stereocenters. The van der Waals surface area contributed by atoms with E-state index in [1.54, 1.807) is 30.3 Å². The molecule has 0 unspecified atom stereocenters. The number of primary sulfonamides is 1. The number of thiocarbonyl (C=S) groups is 1. The number of nitrogens with two attached hydrogens (primary N) is 1. The van der Waals surface area contributed by atoms with Crippen LogP contribution >= 0.6 is 12.2 Å². The monoisotopic (exact) mass is 361 g/mol. The van der Waals surface area contributed by atoms with Crippen molar-refractivity contribution in [3.8, 4) is 0 Å². The van der Waals surface area contributed by atoms with Gasteiger partial charge in [0.2, 0.25) is 10.0 Å². The van der Waals surface area contributed by atoms with Crippen molar-refractivity contribution < 1.29 is 18.0 Å². The van der Waals surface area contributed by atoms with Crippen molar-refractivity contribution in [2.75, 3.05) is 9.80 Å². The van der Waals surface area contributed by atoms with Gasteiger partial charge in [0.25, 0.3) is 0 Å². The molecule has 1 saturated heterocycles. The Balaban J connectivity index is 1.99. The van der Waals surface area contributed by atoms with Crippen LogP contribution in [0.15, 0.2) is 59.5 Å². The van der Waals surface area contributed by atoms with Gasteiger partial charge in [-0.3, -0.25) is 9.59 Å². The van der Waals surface area contributed by atoms with Gasteiger partial charge in [0, 0.05) is 0 Å². The Bertz CT molecular complexity index is 940. The zero-order valence-electron chi connectivity index (χ0n) is 12.1. The number of hydrogen-bond acceptors (Lipinski definition) is 5. The number of rotatable bonds is 3. The van der Waals surface area contributed by atoms with Crippen molar-refractivity contribution in [1.82, 2.24) is 0 Å². The minimum Gasteiger partial charge on any atom is -0.263 e. The average Bonchev–Trinajstić information content (AvgIpc) is 2.77. The topological polar surface area (TPSA) is 101 Å². The molecule has 24 heavy (non-hydrogen) atoms. The van der Waals surface area contributed by atoms with E-state index in [1.807, 2.05) is 0 Å². The molecule has 2 aromatic carbocycles. The third kappa shape index (κ3) is 2.68. The van der Waals surface area contributed by atoms with E-state index in [0.717, 1.165) is 9.80 Å². The molecule has 3 rings (SSSR count). The Hall–Kier alpha value is -2.62. The number of para-hydroxylation sites is 1. The summed E-state index contributed by atoms with van der Waals surface area (Å²) in [6, 6.07) is 13.8. The first-order chi connectivity index (χ1) is 11.3. The van der Waals surface area contributed by atoms with Crippen LogP contribution in [0.25, 0.3) is 0 Å². The molecular formula is C15H11N3O4S2. The van der Waals surface area contributed by atoms with Gasteiger partial charge in [0.05, 0.1) is 16.3 Å². The van der Waals surface area contributed by atoms with E-state index >= 15 is 0 Å². The lowest BCUT2D eigenvalue weighted by molar-refractivity contribution is -0.133. The maximum atomic E-state index is 12.3. The minimum absolute atomic E-state index is 0.000411. The molecule has 1 fully saturated rings. The molecule has 0 spiro atoms. The molecule has 2 N–H and O–H groups in total. The minimum atomic E-state index is -3.85. The van der Waals surface area contributed by atoms with Crippen LogP contribution in [0, 0.1) is 0 Å². The second-order valence-corrected chi connectivity index (χ2v) is 6.86. The van der Waals surface area contributed by atoms with Gasteiger partial charge >= 0.3 is 11.8 Å². The number of anilines is 2. The van der Waals surface area contributed by atoms with Crippen LogP contribution in [-0.2, 0) is 19.6 Å². The van der Waals surface area contributed by atoms with Crippen molar-refractivity contribution in [3.05, 3.63) is 54.6 Å². The van der Waals surface area contributed by atoms with E-state index in [0.29, 0.717) is 5.69 Å². The summed E-state index contributed by atoms with van der Waals surface area (Å²) in [5, 5.41) is 5.04. The van der Waals surface area contributed by atoms with Crippen molar-refractivity contribution in [2.45, 2.75) is 4.90 Å². The summed E-state index contributed by atoms with van der Waals surface area (Å²) in [4.78, 5) is 26.6. The second-order valence-electron chi connectivity index (χ2n) is 4.94. The van der Waals surface area contributed by atoms with Gasteiger partial charge < -0.3 is 0 Å². The highest BCUT2D eigenvalue weighted by atomic mass is 32.2. The molecule has 1 heterocycles. The number of nitrogens with zero attached hydrogens (tertiary/aromatic N) is 2. The van der Waals surface area contributed by atoms with Crippen molar-refractivity contribution >= 4 is 50.5 Å². The fraction of sp³-hybridized carbons (Fsp3) is 0. The first-order valence-corrected chi connectivity index (χ1v) is 8.66. The lowest BCUT2D eigenvalue weighted by Gasteiger charge is -2.18. The van der Waals surface area contributed by atoms with E-state index < -0.39 is 21.8 Å². The lowest BCUT2D eigenvalue weighted by Crippen LogP contribution is -2.33. The summed E-state index contributed by atoms with van der Waals surface area (Å²) >= 11 is 5.25. The summed E-state index contributed by atoms with van der Waals surface area (Å²) in [5.74, 6) is -1.59. The molecule has 0 aliphatic carbocycles. The zero-order valence-corrected chi connectivity index (χ0v) is 13.8. The van der Waals surface area contributed by atoms with Gasteiger partial charge in [0.15, 0.2) is 5.11 Å². The molecule has 2 aromatic rings. The Morgan fingerprint density at radius 1 is 0.792 bits per heavy atom. The number of hydrogen-bond donors (Lipinski definition) is 1. The van der Waals surface area contributed by atoms with Crippen LogP contribution < -0.4 is 14.9 Å². The Morgan fingerprint density at radius 2 is 1.25 bits per heavy atom. The van der Waals surface area contributed by atoms with Crippen molar-refractivity contribution in [2.24, 2.45) is 5.14 Å². The first kappa shape index (κ1) is 16.2. The number of carbonyl (C=O) groups excluding carboxylic acids is 2. The highest BCUT2D eigenvalue weighted by molar-refractivity contribution is 7.89. The van der Waals surface area contributed by atoms with Crippen LogP contribution in [0.4, 0.5) is 11.4 Å². The van der Waals surface area contributed by atoms with E-state index in [4.69, 9.17) is 17.4 Å². The molecule has 7 nitrogen and oxygen atoms in total. The molecule has 9 heteroatoms. The highest BCUT2D eigenvalue weighted by Gasteiger charge is 2.43. The Kier molecular flexibility index (Phi) is 3.91. The average molecular weight is 361 g/mol. The molecule has 0 aromatic heterocycles. The summed E-state index contributed by atoms with van der Waals surface area (Å²) < 4.78 is 22.6.